The lowest BCUT2D eigenvalue weighted by molar-refractivity contribution is 0.557. The second-order valence-corrected chi connectivity index (χ2v) is 8.65. The Morgan fingerprint density at radius 2 is 1.76 bits per heavy atom. The summed E-state index contributed by atoms with van der Waals surface area (Å²) in [7, 11) is -3.46. The molecule has 0 saturated carbocycles. The Morgan fingerprint density at radius 1 is 1.19 bits per heavy atom. The van der Waals surface area contributed by atoms with Crippen LogP contribution in [-0.2, 0) is 15.4 Å². The van der Waals surface area contributed by atoms with Crippen LogP contribution in [0.4, 0.5) is 0 Å². The number of aryl methyl sites for hydroxylation is 2. The first-order valence-corrected chi connectivity index (χ1v) is 8.94. The Bertz CT molecular complexity index is 601. The first kappa shape index (κ1) is 16.5. The van der Waals surface area contributed by atoms with Crippen molar-refractivity contribution in [3.63, 3.8) is 0 Å². The van der Waals surface area contributed by atoms with Crippen LogP contribution in [0.1, 0.15) is 43.9 Å². The quantitative estimate of drug-likeness (QED) is 0.900. The highest BCUT2D eigenvalue weighted by Gasteiger charge is 2.26. The van der Waals surface area contributed by atoms with Gasteiger partial charge in [0.05, 0.1) is 4.90 Å². The van der Waals surface area contributed by atoms with E-state index in [0.717, 1.165) is 24.1 Å². The predicted molar refractivity (Wildman–Crippen MR) is 86.2 cm³/mol. The second-order valence-electron chi connectivity index (χ2n) is 7.00. The first-order chi connectivity index (χ1) is 9.61. The maximum absolute atomic E-state index is 12.7. The Balaban J connectivity index is 2.39. The monoisotopic (exact) mass is 310 g/mol. The molecule has 1 unspecified atom stereocenters. The zero-order chi connectivity index (χ0) is 15.8. The highest BCUT2D eigenvalue weighted by atomic mass is 32.2. The SMILES string of the molecule is Cc1cc(C(C)(C)C)cc(C)c1S(=O)(=O)NC1CCNC1. The normalized spacial score (nSPS) is 20.0. The van der Waals surface area contributed by atoms with Gasteiger partial charge in [0.25, 0.3) is 0 Å². The molecule has 1 atom stereocenters. The van der Waals surface area contributed by atoms with Crippen molar-refractivity contribution in [2.24, 2.45) is 0 Å². The zero-order valence-electron chi connectivity index (χ0n) is 13.6. The van der Waals surface area contributed by atoms with Crippen molar-refractivity contribution in [2.75, 3.05) is 13.1 Å². The predicted octanol–water partition coefficient (Wildman–Crippen LogP) is 2.24. The molecule has 0 amide bonds. The molecule has 1 aromatic carbocycles. The Kier molecular flexibility index (Phi) is 4.47. The van der Waals surface area contributed by atoms with Gasteiger partial charge in [-0.15, -0.1) is 0 Å². The smallest absolute Gasteiger partial charge is 0.241 e. The van der Waals surface area contributed by atoms with E-state index in [2.05, 4.69) is 30.8 Å². The minimum atomic E-state index is -3.46. The summed E-state index contributed by atoms with van der Waals surface area (Å²) in [5.41, 5.74) is 2.82. The topological polar surface area (TPSA) is 58.2 Å². The van der Waals surface area contributed by atoms with E-state index < -0.39 is 10.0 Å². The number of sulfonamides is 1. The molecule has 0 aliphatic carbocycles. The lowest BCUT2D eigenvalue weighted by atomic mass is 9.85. The van der Waals surface area contributed by atoms with Crippen LogP contribution in [0.15, 0.2) is 17.0 Å². The number of hydrogen-bond donors (Lipinski definition) is 2. The minimum absolute atomic E-state index is 0.00362. The van der Waals surface area contributed by atoms with Crippen molar-refractivity contribution in [3.05, 3.63) is 28.8 Å². The second kappa shape index (κ2) is 5.71. The fourth-order valence-corrected chi connectivity index (χ4v) is 4.56. The Labute approximate surface area is 128 Å². The van der Waals surface area contributed by atoms with Gasteiger partial charge in [-0.3, -0.25) is 0 Å². The van der Waals surface area contributed by atoms with Gasteiger partial charge in [0.2, 0.25) is 10.0 Å². The lowest BCUT2D eigenvalue weighted by Crippen LogP contribution is -2.37. The van der Waals surface area contributed by atoms with Crippen molar-refractivity contribution in [2.45, 2.75) is 57.4 Å². The summed E-state index contributed by atoms with van der Waals surface area (Å²) in [6.07, 6.45) is 0.845. The van der Waals surface area contributed by atoms with Gasteiger partial charge in [0, 0.05) is 12.6 Å². The number of rotatable bonds is 3. The molecule has 21 heavy (non-hydrogen) atoms. The van der Waals surface area contributed by atoms with Crippen LogP contribution in [0.3, 0.4) is 0 Å². The molecule has 5 heteroatoms. The van der Waals surface area contributed by atoms with Crippen LogP contribution in [0.25, 0.3) is 0 Å². The fourth-order valence-electron chi connectivity index (χ4n) is 2.84. The van der Waals surface area contributed by atoms with Gasteiger partial charge in [0.15, 0.2) is 0 Å². The molecule has 0 spiro atoms. The van der Waals surface area contributed by atoms with E-state index in [0.29, 0.717) is 11.4 Å². The van der Waals surface area contributed by atoms with Gasteiger partial charge in [-0.1, -0.05) is 32.9 Å². The minimum Gasteiger partial charge on any atom is -0.315 e. The Morgan fingerprint density at radius 3 is 2.19 bits per heavy atom. The Hall–Kier alpha value is -0.910. The lowest BCUT2D eigenvalue weighted by Gasteiger charge is -2.23. The molecule has 1 aromatic rings. The molecule has 1 aliphatic heterocycles. The summed E-state index contributed by atoms with van der Waals surface area (Å²) in [6, 6.07) is 3.99. The van der Waals surface area contributed by atoms with E-state index >= 15 is 0 Å². The highest BCUT2D eigenvalue weighted by molar-refractivity contribution is 7.89. The van der Waals surface area contributed by atoms with Crippen LogP contribution in [0, 0.1) is 13.8 Å². The number of benzene rings is 1. The molecular weight excluding hydrogens is 284 g/mol. The van der Waals surface area contributed by atoms with Crippen molar-refractivity contribution in [1.82, 2.24) is 10.0 Å². The first-order valence-electron chi connectivity index (χ1n) is 7.46. The third-order valence-electron chi connectivity index (χ3n) is 3.98. The van der Waals surface area contributed by atoms with E-state index in [9.17, 15) is 8.42 Å². The molecule has 1 fully saturated rings. The van der Waals surface area contributed by atoms with Crippen molar-refractivity contribution in [3.8, 4) is 0 Å². The standard InChI is InChI=1S/C16H26N2O2S/c1-11-8-13(16(3,4)5)9-12(2)15(11)21(19,20)18-14-6-7-17-10-14/h8-9,14,17-18H,6-7,10H2,1-5H3. The number of hydrogen-bond acceptors (Lipinski definition) is 3. The van der Waals surface area contributed by atoms with Gasteiger partial charge in [-0.25, -0.2) is 13.1 Å². The molecule has 1 heterocycles. The average molecular weight is 310 g/mol. The maximum atomic E-state index is 12.7. The summed E-state index contributed by atoms with van der Waals surface area (Å²) < 4.78 is 28.1. The van der Waals surface area contributed by atoms with Crippen LogP contribution < -0.4 is 10.0 Å². The molecule has 118 valence electrons. The summed E-state index contributed by atoms with van der Waals surface area (Å²) in [5.74, 6) is 0. The van der Waals surface area contributed by atoms with Crippen LogP contribution in [0.5, 0.6) is 0 Å². The molecule has 0 aromatic heterocycles. The van der Waals surface area contributed by atoms with Crippen LogP contribution in [-0.4, -0.2) is 27.5 Å². The molecule has 4 nitrogen and oxygen atoms in total. The van der Waals surface area contributed by atoms with E-state index in [1.807, 2.05) is 26.0 Å². The van der Waals surface area contributed by atoms with E-state index in [4.69, 9.17) is 0 Å². The van der Waals surface area contributed by atoms with Gasteiger partial charge >= 0.3 is 0 Å². The molecule has 1 aliphatic rings. The maximum Gasteiger partial charge on any atom is 0.241 e. The highest BCUT2D eigenvalue weighted by Crippen LogP contribution is 2.29. The van der Waals surface area contributed by atoms with Crippen molar-refractivity contribution in [1.29, 1.82) is 0 Å². The van der Waals surface area contributed by atoms with Gasteiger partial charge < -0.3 is 5.32 Å². The van der Waals surface area contributed by atoms with Crippen molar-refractivity contribution < 1.29 is 8.42 Å². The van der Waals surface area contributed by atoms with Gasteiger partial charge in [-0.2, -0.15) is 0 Å². The van der Waals surface area contributed by atoms with E-state index in [-0.39, 0.29) is 11.5 Å². The fraction of sp³-hybridized carbons (Fsp3) is 0.625. The third kappa shape index (κ3) is 3.65. The summed E-state index contributed by atoms with van der Waals surface area (Å²) in [6.45, 7) is 11.7. The zero-order valence-corrected chi connectivity index (χ0v) is 14.4. The summed E-state index contributed by atoms with van der Waals surface area (Å²) >= 11 is 0. The third-order valence-corrected chi connectivity index (χ3v) is 5.80. The van der Waals surface area contributed by atoms with E-state index in [1.54, 1.807) is 0 Å². The van der Waals surface area contributed by atoms with E-state index in [1.165, 1.54) is 5.56 Å². The summed E-state index contributed by atoms with van der Waals surface area (Å²) in [4.78, 5) is 0.433. The largest absolute Gasteiger partial charge is 0.315 e. The van der Waals surface area contributed by atoms with Gasteiger partial charge in [-0.05, 0) is 48.9 Å². The van der Waals surface area contributed by atoms with Crippen molar-refractivity contribution >= 4 is 10.0 Å². The molecule has 2 rings (SSSR count). The van der Waals surface area contributed by atoms with Crippen LogP contribution >= 0.6 is 0 Å². The molecule has 0 bridgehead atoms. The summed E-state index contributed by atoms with van der Waals surface area (Å²) in [5, 5.41) is 3.18. The van der Waals surface area contributed by atoms with Crippen LogP contribution in [0.2, 0.25) is 0 Å². The molecule has 1 saturated heterocycles. The molecule has 2 N–H and O–H groups in total. The average Bonchev–Trinajstić information content (AvgIpc) is 2.78. The number of nitrogens with one attached hydrogen (secondary N) is 2. The van der Waals surface area contributed by atoms with Gasteiger partial charge in [0.1, 0.15) is 0 Å². The molecular formula is C16H26N2O2S. The molecule has 0 radical (unpaired) electrons.